The molecule has 5 heteroatoms. The van der Waals surface area contributed by atoms with Crippen LogP contribution in [0.4, 0.5) is 0 Å². The first-order valence-corrected chi connectivity index (χ1v) is 6.13. The smallest absolute Gasteiger partial charge is 0.331 e. The number of methoxy groups -OCH3 is 1. The van der Waals surface area contributed by atoms with Crippen molar-refractivity contribution in [2.45, 2.75) is 20.0 Å². The minimum absolute atomic E-state index is 0.0493. The zero-order valence-electron chi connectivity index (χ0n) is 11.8. The van der Waals surface area contributed by atoms with E-state index in [2.05, 4.69) is 0 Å². The highest BCUT2D eigenvalue weighted by Gasteiger charge is 2.05. The van der Waals surface area contributed by atoms with Gasteiger partial charge in [-0.1, -0.05) is 6.07 Å². The van der Waals surface area contributed by atoms with Crippen molar-refractivity contribution in [3.8, 4) is 17.6 Å². The van der Waals surface area contributed by atoms with Crippen LogP contribution >= 0.6 is 0 Å². The summed E-state index contributed by atoms with van der Waals surface area (Å²) in [5.41, 5.74) is 0.770. The van der Waals surface area contributed by atoms with Crippen molar-refractivity contribution in [1.29, 1.82) is 5.26 Å². The Morgan fingerprint density at radius 1 is 1.40 bits per heavy atom. The fraction of sp³-hybridized carbons (Fsp3) is 0.333. The number of hydrogen-bond donors (Lipinski definition) is 0. The summed E-state index contributed by atoms with van der Waals surface area (Å²) in [6, 6.07) is 7.04. The summed E-state index contributed by atoms with van der Waals surface area (Å²) < 4.78 is 15.4. The molecule has 0 unspecified atom stereocenters. The number of hydrogen-bond acceptors (Lipinski definition) is 5. The van der Waals surface area contributed by atoms with E-state index in [0.717, 1.165) is 5.56 Å². The summed E-state index contributed by atoms with van der Waals surface area (Å²) in [4.78, 5) is 11.4. The minimum atomic E-state index is -0.399. The topological polar surface area (TPSA) is 68.6 Å². The standard InChI is InChI=1S/C15H17NO4/c1-11(2)20-15(17)7-5-12-4-6-13(19-9-8-16)14(10-12)18-3/h4-7,10-11H,9H2,1-3H3/b7-5+. The van der Waals surface area contributed by atoms with E-state index in [4.69, 9.17) is 19.5 Å². The highest BCUT2D eigenvalue weighted by Crippen LogP contribution is 2.28. The number of esters is 1. The molecule has 0 radical (unpaired) electrons. The first-order chi connectivity index (χ1) is 9.56. The zero-order chi connectivity index (χ0) is 15.0. The third kappa shape index (κ3) is 5.02. The van der Waals surface area contributed by atoms with E-state index in [0.29, 0.717) is 11.5 Å². The van der Waals surface area contributed by atoms with Gasteiger partial charge >= 0.3 is 5.97 Å². The maximum atomic E-state index is 11.4. The molecule has 0 aliphatic carbocycles. The average Bonchev–Trinajstić information content (AvgIpc) is 2.42. The zero-order valence-corrected chi connectivity index (χ0v) is 11.8. The maximum absolute atomic E-state index is 11.4. The molecule has 106 valence electrons. The van der Waals surface area contributed by atoms with E-state index in [9.17, 15) is 4.79 Å². The molecule has 1 aromatic rings. The van der Waals surface area contributed by atoms with Gasteiger partial charge in [0.15, 0.2) is 18.1 Å². The molecule has 0 saturated heterocycles. The highest BCUT2D eigenvalue weighted by atomic mass is 16.5. The minimum Gasteiger partial charge on any atom is -0.493 e. The lowest BCUT2D eigenvalue weighted by atomic mass is 10.2. The summed E-state index contributed by atoms with van der Waals surface area (Å²) >= 11 is 0. The molecule has 0 aromatic heterocycles. The van der Waals surface area contributed by atoms with Crippen LogP contribution in [0.3, 0.4) is 0 Å². The van der Waals surface area contributed by atoms with Crippen LogP contribution in [0.5, 0.6) is 11.5 Å². The van der Waals surface area contributed by atoms with Gasteiger partial charge in [-0.15, -0.1) is 0 Å². The Morgan fingerprint density at radius 2 is 2.15 bits per heavy atom. The van der Waals surface area contributed by atoms with E-state index >= 15 is 0 Å². The average molecular weight is 275 g/mol. The lowest BCUT2D eigenvalue weighted by Crippen LogP contribution is -2.08. The van der Waals surface area contributed by atoms with Crippen molar-refractivity contribution in [3.63, 3.8) is 0 Å². The van der Waals surface area contributed by atoms with Gasteiger partial charge in [-0.25, -0.2) is 4.79 Å². The van der Waals surface area contributed by atoms with Crippen molar-refractivity contribution < 1.29 is 19.0 Å². The second-order valence-electron chi connectivity index (χ2n) is 4.18. The molecule has 0 amide bonds. The fourth-order valence-electron chi connectivity index (χ4n) is 1.45. The summed E-state index contributed by atoms with van der Waals surface area (Å²) in [6.45, 7) is 3.53. The normalized spacial score (nSPS) is 10.3. The molecule has 0 atom stereocenters. The van der Waals surface area contributed by atoms with Crippen LogP contribution in [0.2, 0.25) is 0 Å². The van der Waals surface area contributed by atoms with Crippen LogP contribution in [0.25, 0.3) is 6.08 Å². The van der Waals surface area contributed by atoms with Crippen molar-refractivity contribution >= 4 is 12.0 Å². The quantitative estimate of drug-likeness (QED) is 0.589. The Kier molecular flexibility index (Phi) is 6.11. The third-order valence-corrected chi connectivity index (χ3v) is 2.24. The molecule has 1 rings (SSSR count). The van der Waals surface area contributed by atoms with Crippen LogP contribution in [-0.2, 0) is 9.53 Å². The Morgan fingerprint density at radius 3 is 2.75 bits per heavy atom. The molecule has 0 N–H and O–H groups in total. The molecule has 1 aromatic carbocycles. The number of carbonyl (C=O) groups excluding carboxylic acids is 1. The molecule has 0 bridgehead atoms. The second-order valence-corrected chi connectivity index (χ2v) is 4.18. The number of nitriles is 1. The van der Waals surface area contributed by atoms with E-state index in [1.165, 1.54) is 13.2 Å². The Bertz CT molecular complexity index is 529. The van der Waals surface area contributed by atoms with Gasteiger partial charge in [-0.05, 0) is 37.6 Å². The summed E-state index contributed by atoms with van der Waals surface area (Å²) in [6.07, 6.45) is 2.83. The molecule has 5 nitrogen and oxygen atoms in total. The predicted octanol–water partition coefficient (Wildman–Crippen LogP) is 2.56. The Hall–Kier alpha value is -2.48. The maximum Gasteiger partial charge on any atom is 0.331 e. The number of benzene rings is 1. The number of nitrogens with zero attached hydrogens (tertiary/aromatic N) is 1. The Balaban J connectivity index is 2.80. The molecule has 0 saturated carbocycles. The van der Waals surface area contributed by atoms with Crippen LogP contribution in [-0.4, -0.2) is 25.8 Å². The van der Waals surface area contributed by atoms with Crippen LogP contribution in [0.1, 0.15) is 19.4 Å². The van der Waals surface area contributed by atoms with Gasteiger partial charge in [0.25, 0.3) is 0 Å². The van der Waals surface area contributed by atoms with Crippen molar-refractivity contribution in [2.75, 3.05) is 13.7 Å². The molecule has 0 aliphatic rings. The van der Waals surface area contributed by atoms with Gasteiger partial charge in [0, 0.05) is 6.08 Å². The third-order valence-electron chi connectivity index (χ3n) is 2.24. The molecule has 0 spiro atoms. The SMILES string of the molecule is COc1cc(/C=C/C(=O)OC(C)C)ccc1OCC#N. The van der Waals surface area contributed by atoms with E-state index in [-0.39, 0.29) is 12.7 Å². The highest BCUT2D eigenvalue weighted by molar-refractivity contribution is 5.87. The number of rotatable bonds is 6. The molecular weight excluding hydrogens is 258 g/mol. The number of carbonyl (C=O) groups is 1. The molecule has 0 heterocycles. The van der Waals surface area contributed by atoms with E-state index in [1.54, 1.807) is 38.1 Å². The van der Waals surface area contributed by atoms with E-state index in [1.807, 2.05) is 6.07 Å². The van der Waals surface area contributed by atoms with Gasteiger partial charge in [-0.3, -0.25) is 0 Å². The summed E-state index contributed by atoms with van der Waals surface area (Å²) in [5, 5.41) is 8.48. The van der Waals surface area contributed by atoms with Crippen LogP contribution in [0.15, 0.2) is 24.3 Å². The first-order valence-electron chi connectivity index (χ1n) is 6.13. The second kappa shape index (κ2) is 7.85. The molecule has 0 fully saturated rings. The van der Waals surface area contributed by atoms with Crippen molar-refractivity contribution in [2.24, 2.45) is 0 Å². The van der Waals surface area contributed by atoms with Gasteiger partial charge in [0.2, 0.25) is 0 Å². The summed E-state index contributed by atoms with van der Waals surface area (Å²) in [5.74, 6) is 0.583. The Labute approximate surface area is 118 Å². The van der Waals surface area contributed by atoms with Gasteiger partial charge in [0.05, 0.1) is 13.2 Å². The first kappa shape index (κ1) is 15.6. The van der Waals surface area contributed by atoms with Crippen molar-refractivity contribution in [1.82, 2.24) is 0 Å². The molecule has 0 aliphatic heterocycles. The summed E-state index contributed by atoms with van der Waals surface area (Å²) in [7, 11) is 1.51. The lowest BCUT2D eigenvalue weighted by Gasteiger charge is -2.09. The monoisotopic (exact) mass is 275 g/mol. The predicted molar refractivity (Wildman–Crippen MR) is 74.4 cm³/mol. The fourth-order valence-corrected chi connectivity index (χ4v) is 1.45. The van der Waals surface area contributed by atoms with Gasteiger partial charge in [0.1, 0.15) is 6.07 Å². The molecular formula is C15H17NO4. The van der Waals surface area contributed by atoms with Crippen LogP contribution < -0.4 is 9.47 Å². The van der Waals surface area contributed by atoms with Crippen molar-refractivity contribution in [3.05, 3.63) is 29.8 Å². The number of ether oxygens (including phenoxy) is 3. The largest absolute Gasteiger partial charge is 0.493 e. The van der Waals surface area contributed by atoms with Gasteiger partial charge < -0.3 is 14.2 Å². The van der Waals surface area contributed by atoms with Crippen LogP contribution in [0, 0.1) is 11.3 Å². The molecule has 20 heavy (non-hydrogen) atoms. The van der Waals surface area contributed by atoms with E-state index < -0.39 is 5.97 Å². The van der Waals surface area contributed by atoms with Gasteiger partial charge in [-0.2, -0.15) is 5.26 Å². The lowest BCUT2D eigenvalue weighted by molar-refractivity contribution is -0.141.